The second-order valence-corrected chi connectivity index (χ2v) is 18.4. The van der Waals surface area contributed by atoms with Crippen molar-refractivity contribution in [2.24, 2.45) is 0 Å². The Morgan fingerprint density at radius 3 is 0.827 bits per heavy atom. The maximum Gasteiger partial charge on any atom is 0.160 e. The van der Waals surface area contributed by atoms with Gasteiger partial charge in [0.25, 0.3) is 0 Å². The average Bonchev–Trinajstić information content (AvgIpc) is 3.19. The van der Waals surface area contributed by atoms with Crippen molar-refractivity contribution in [2.75, 3.05) is 42.7 Å². The predicted molar refractivity (Wildman–Crippen MR) is 222 cm³/mol. The van der Waals surface area contributed by atoms with Gasteiger partial charge >= 0.3 is 0 Å². The molecule has 0 aromatic heterocycles. The van der Waals surface area contributed by atoms with Gasteiger partial charge < -0.3 is 28.4 Å². The van der Waals surface area contributed by atoms with Crippen LogP contribution in [-0.2, 0) is 0 Å². The maximum absolute atomic E-state index is 5.75. The first kappa shape index (κ1) is 36.6. The molecule has 0 aliphatic carbocycles. The van der Waals surface area contributed by atoms with Crippen molar-refractivity contribution >= 4 is 59.7 Å². The number of hydrogen-bond donors (Lipinski definition) is 0. The molecule has 6 aromatic rings. The molecule has 6 nitrogen and oxygen atoms in total. The fraction of sp³-hybridized carbons (Fsp3) is 0.163. The molecule has 52 heavy (non-hydrogen) atoms. The SMILES string of the molecule is COc1cccc([SiH2]c2ccc(C(c3ccc([SiH2]c4cccc(OC)c4OC)cc3)c3ccc([SiH2]c4cccc(OC)c4OC)cc3)cc2)c1OC. The molecule has 0 saturated heterocycles. The fourth-order valence-electron chi connectivity index (χ4n) is 7.00. The predicted octanol–water partition coefficient (Wildman–Crippen LogP) is 2.28. The molecule has 0 amide bonds. The van der Waals surface area contributed by atoms with Crippen LogP contribution in [0, 0.1) is 0 Å². The highest BCUT2D eigenvalue weighted by atomic mass is 28.2. The Kier molecular flexibility index (Phi) is 12.2. The molecule has 0 saturated carbocycles. The van der Waals surface area contributed by atoms with E-state index < -0.39 is 28.6 Å². The third-order valence-electron chi connectivity index (χ3n) is 9.58. The lowest BCUT2D eigenvalue weighted by Crippen LogP contribution is -2.29. The minimum atomic E-state index is -0.794. The summed E-state index contributed by atoms with van der Waals surface area (Å²) in [7, 11) is 7.82. The van der Waals surface area contributed by atoms with E-state index in [1.54, 1.807) is 42.7 Å². The summed E-state index contributed by atoms with van der Waals surface area (Å²) in [5.74, 6) is 4.91. The summed E-state index contributed by atoms with van der Waals surface area (Å²) in [4.78, 5) is 0. The van der Waals surface area contributed by atoms with Gasteiger partial charge in [0, 0.05) is 5.92 Å². The molecule has 0 unspecified atom stereocenters. The van der Waals surface area contributed by atoms with Crippen molar-refractivity contribution in [3.8, 4) is 34.5 Å². The zero-order valence-electron chi connectivity index (χ0n) is 30.8. The normalized spacial score (nSPS) is 12.1. The summed E-state index contributed by atoms with van der Waals surface area (Å²) in [5, 5.41) is 7.71. The number of benzene rings is 6. The zero-order valence-corrected chi connectivity index (χ0v) is 35.0. The number of hydrogen-bond acceptors (Lipinski definition) is 6. The minimum Gasteiger partial charge on any atom is -0.493 e. The van der Waals surface area contributed by atoms with E-state index in [-0.39, 0.29) is 5.92 Å². The van der Waals surface area contributed by atoms with Gasteiger partial charge in [0.1, 0.15) is 0 Å². The summed E-state index contributed by atoms with van der Waals surface area (Å²) in [6.07, 6.45) is 0. The molecule has 0 bridgehead atoms. The Balaban J connectivity index is 1.32. The van der Waals surface area contributed by atoms with Gasteiger partial charge in [-0.15, -0.1) is 0 Å². The van der Waals surface area contributed by atoms with E-state index in [0.717, 1.165) is 34.5 Å². The standard InChI is InChI=1S/C43H46O6Si3/c1-44-34-10-7-13-37(41(34)47-4)50-31-22-16-28(17-23-31)40(29-18-24-32(25-19-29)51-38-14-8-11-35(45-2)42(38)48-5)30-20-26-33(27-21-30)52-39-15-9-12-36(46-3)43(39)49-6/h7-27,40H,50-52H2,1-6H3. The molecule has 6 aromatic carbocycles. The van der Waals surface area contributed by atoms with Crippen LogP contribution < -0.4 is 59.5 Å². The van der Waals surface area contributed by atoms with Gasteiger partial charge in [0.15, 0.2) is 34.5 Å². The molecule has 0 aliphatic rings. The van der Waals surface area contributed by atoms with Crippen LogP contribution in [0.2, 0.25) is 0 Å². The van der Waals surface area contributed by atoms with Crippen molar-refractivity contribution in [2.45, 2.75) is 5.92 Å². The number of ether oxygens (including phenoxy) is 6. The summed E-state index contributed by atoms with van der Waals surface area (Å²) >= 11 is 0. The fourth-order valence-corrected chi connectivity index (χ4v) is 11.9. The van der Waals surface area contributed by atoms with Crippen molar-refractivity contribution < 1.29 is 28.4 Å². The van der Waals surface area contributed by atoms with E-state index >= 15 is 0 Å². The third-order valence-corrected chi connectivity index (χ3v) is 15.0. The van der Waals surface area contributed by atoms with Crippen molar-refractivity contribution in [1.29, 1.82) is 0 Å². The quantitative estimate of drug-likeness (QED) is 0.119. The van der Waals surface area contributed by atoms with Crippen molar-refractivity contribution in [1.82, 2.24) is 0 Å². The zero-order chi connectivity index (χ0) is 36.5. The lowest BCUT2D eigenvalue weighted by molar-refractivity contribution is 0.357. The maximum atomic E-state index is 5.75. The smallest absolute Gasteiger partial charge is 0.160 e. The van der Waals surface area contributed by atoms with Crippen molar-refractivity contribution in [3.05, 3.63) is 144 Å². The first-order chi connectivity index (χ1) is 25.5. The minimum absolute atomic E-state index is 0.0752. The van der Waals surface area contributed by atoms with E-state index in [2.05, 4.69) is 91.0 Å². The van der Waals surface area contributed by atoms with Gasteiger partial charge in [0.2, 0.25) is 0 Å². The Bertz CT molecular complexity index is 1840. The second-order valence-electron chi connectivity index (χ2n) is 12.6. The van der Waals surface area contributed by atoms with Gasteiger partial charge in [-0.2, -0.15) is 0 Å². The van der Waals surface area contributed by atoms with E-state index in [1.807, 2.05) is 36.4 Å². The molecule has 0 atom stereocenters. The first-order valence-electron chi connectivity index (χ1n) is 17.4. The summed E-state index contributed by atoms with van der Waals surface area (Å²) in [6.45, 7) is 0. The van der Waals surface area contributed by atoms with Crippen LogP contribution >= 0.6 is 0 Å². The number of para-hydroxylation sites is 3. The van der Waals surface area contributed by atoms with Gasteiger partial charge in [-0.3, -0.25) is 0 Å². The largest absolute Gasteiger partial charge is 0.493 e. The van der Waals surface area contributed by atoms with Crippen LogP contribution in [0.4, 0.5) is 0 Å². The number of rotatable bonds is 15. The lowest BCUT2D eigenvalue weighted by Gasteiger charge is -2.21. The number of methoxy groups -OCH3 is 6. The molecule has 0 radical (unpaired) electrons. The molecule has 0 spiro atoms. The Hall–Kier alpha value is -5.23. The van der Waals surface area contributed by atoms with Gasteiger partial charge in [-0.1, -0.05) is 125 Å². The summed E-state index contributed by atoms with van der Waals surface area (Å²) < 4.78 is 34.0. The Labute approximate surface area is 314 Å². The second kappa shape index (κ2) is 17.3. The van der Waals surface area contributed by atoms with E-state index in [9.17, 15) is 0 Å². The van der Waals surface area contributed by atoms with Crippen molar-refractivity contribution in [3.63, 3.8) is 0 Å². The van der Waals surface area contributed by atoms with Gasteiger partial charge in [-0.05, 0) is 50.4 Å². The van der Waals surface area contributed by atoms with Gasteiger partial charge in [-0.25, -0.2) is 0 Å². The third kappa shape index (κ3) is 8.12. The molecule has 0 aliphatic heterocycles. The Morgan fingerprint density at radius 1 is 0.327 bits per heavy atom. The molecule has 0 N–H and O–H groups in total. The summed E-state index contributed by atoms with van der Waals surface area (Å²) in [5.41, 5.74) is 3.78. The van der Waals surface area contributed by atoms with Crippen LogP contribution in [0.3, 0.4) is 0 Å². The van der Waals surface area contributed by atoms with E-state index in [1.165, 1.54) is 47.8 Å². The molecular weight excluding hydrogens is 697 g/mol. The van der Waals surface area contributed by atoms with Crippen LogP contribution in [0.25, 0.3) is 0 Å². The van der Waals surface area contributed by atoms with Crippen LogP contribution in [0.1, 0.15) is 22.6 Å². The molecule has 9 heteroatoms. The Morgan fingerprint density at radius 2 is 0.596 bits per heavy atom. The lowest BCUT2D eigenvalue weighted by atomic mass is 9.85. The van der Waals surface area contributed by atoms with Crippen LogP contribution in [0.15, 0.2) is 127 Å². The average molecular weight is 743 g/mol. The molecular formula is C43H46O6Si3. The molecule has 6 rings (SSSR count). The van der Waals surface area contributed by atoms with Crippen LogP contribution in [-0.4, -0.2) is 71.2 Å². The monoisotopic (exact) mass is 742 g/mol. The summed E-state index contributed by atoms with van der Waals surface area (Å²) in [6, 6.07) is 46.0. The highest BCUT2D eigenvalue weighted by molar-refractivity contribution is 6.69. The van der Waals surface area contributed by atoms with Gasteiger partial charge in [0.05, 0.1) is 71.2 Å². The van der Waals surface area contributed by atoms with E-state index in [4.69, 9.17) is 28.4 Å². The molecule has 0 fully saturated rings. The molecule has 266 valence electrons. The highest BCUT2D eigenvalue weighted by Crippen LogP contribution is 2.32. The highest BCUT2D eigenvalue weighted by Gasteiger charge is 2.19. The molecule has 0 heterocycles. The first-order valence-corrected chi connectivity index (χ1v) is 21.6. The van der Waals surface area contributed by atoms with E-state index in [0.29, 0.717) is 0 Å². The topological polar surface area (TPSA) is 55.4 Å². The van der Waals surface area contributed by atoms with Crippen LogP contribution in [0.5, 0.6) is 34.5 Å².